The van der Waals surface area contributed by atoms with E-state index >= 15 is 0 Å². The molecule has 4 aromatic carbocycles. The molecule has 18 heteroatoms. The molecule has 4 amide bonds. The lowest BCUT2D eigenvalue weighted by molar-refractivity contribution is -0.132. The van der Waals surface area contributed by atoms with Crippen molar-refractivity contribution in [1.82, 2.24) is 40.4 Å². The number of hydrogen-bond acceptors (Lipinski definition) is 10. The largest absolute Gasteiger partial charge is 0.444 e. The summed E-state index contributed by atoms with van der Waals surface area (Å²) in [5.41, 5.74) is 3.89. The molecule has 2 aromatic heterocycles. The average Bonchev–Trinajstić information content (AvgIpc) is 4.11. The molecule has 6 rings (SSSR count). The maximum Gasteiger partial charge on any atom is 0.407 e. The number of halogens is 2. The Hall–Kier alpha value is -7.44. The summed E-state index contributed by atoms with van der Waals surface area (Å²) in [6, 6.07) is 28.9. The zero-order chi connectivity index (χ0) is 58.6. The van der Waals surface area contributed by atoms with Gasteiger partial charge in [-0.3, -0.25) is 9.59 Å². The summed E-state index contributed by atoms with van der Waals surface area (Å²) in [4.78, 5) is 60.7. The Labute approximate surface area is 470 Å². The number of amides is 4. The zero-order valence-electron chi connectivity index (χ0n) is 47.9. The van der Waals surface area contributed by atoms with Gasteiger partial charge in [0.05, 0.1) is 61.3 Å². The van der Waals surface area contributed by atoms with Crippen molar-refractivity contribution in [3.8, 4) is 22.5 Å². The van der Waals surface area contributed by atoms with Crippen LogP contribution >= 0.6 is 0 Å². The summed E-state index contributed by atoms with van der Waals surface area (Å²) < 4.78 is 41.9. The number of imidazole rings is 2. The number of rotatable bonds is 24. The van der Waals surface area contributed by atoms with Gasteiger partial charge in [-0.15, -0.1) is 0 Å². The Kier molecular flexibility index (Phi) is 24.0. The lowest BCUT2D eigenvalue weighted by atomic mass is 9.89. The van der Waals surface area contributed by atoms with E-state index in [4.69, 9.17) is 9.47 Å². The molecular formula is C62H82F2N8O8. The van der Waals surface area contributed by atoms with Gasteiger partial charge in [0, 0.05) is 34.4 Å². The molecule has 6 aromatic rings. The second kappa shape index (κ2) is 30.2. The van der Waals surface area contributed by atoms with Crippen LogP contribution in [0.25, 0.3) is 22.5 Å². The minimum Gasteiger partial charge on any atom is -0.444 e. The van der Waals surface area contributed by atoms with E-state index in [1.165, 1.54) is 24.3 Å². The highest BCUT2D eigenvalue weighted by Gasteiger charge is 2.35. The second-order valence-electron chi connectivity index (χ2n) is 22.4. The van der Waals surface area contributed by atoms with Crippen molar-refractivity contribution in [1.29, 1.82) is 0 Å². The van der Waals surface area contributed by atoms with Gasteiger partial charge in [-0.1, -0.05) is 142 Å². The number of nitrogens with zero attached hydrogens (tertiary/aromatic N) is 4. The van der Waals surface area contributed by atoms with Crippen LogP contribution in [0.4, 0.5) is 18.4 Å². The fourth-order valence-electron chi connectivity index (χ4n) is 8.53. The van der Waals surface area contributed by atoms with E-state index in [0.29, 0.717) is 50.2 Å². The lowest BCUT2D eigenvalue weighted by Crippen LogP contribution is -2.52. The number of unbranched alkanes of at least 4 members (excludes halogenated alkanes) is 2. The first-order valence-electron chi connectivity index (χ1n) is 27.5. The molecule has 16 nitrogen and oxygen atoms in total. The van der Waals surface area contributed by atoms with Gasteiger partial charge in [0.1, 0.15) is 23.8 Å². The first-order chi connectivity index (χ1) is 37.9. The van der Waals surface area contributed by atoms with Gasteiger partial charge in [0.15, 0.2) is 12.2 Å². The fraction of sp³-hybridized carbons (Fsp3) is 0.452. The fourth-order valence-corrected chi connectivity index (χ4v) is 8.53. The number of aromatic nitrogens is 4. The molecule has 0 saturated heterocycles. The molecule has 0 bridgehead atoms. The third-order valence-electron chi connectivity index (χ3n) is 13.7. The number of benzene rings is 4. The normalized spacial score (nSPS) is 14.6. The standard InChI is InChI=1S/2C31H41FN4O4/c2*1-6-7-13-25(28(37)29(38)34-21(2)22-11-9-8-10-12-22)35-30(39)40-27(31(3,4)5)19-36-18-26(33-20-36)23-14-16-24(32)17-15-23/h2*8-12,14-18,20-21,25,27-28,37H,6-7,13,19H2,1-5H3,(H,34,38)(H,35,39)/t21-,25+,27-,28+;21-,25+,27-,28-/m11/s1. The van der Waals surface area contributed by atoms with Gasteiger partial charge >= 0.3 is 12.2 Å². The van der Waals surface area contributed by atoms with Crippen LogP contribution in [-0.2, 0) is 32.2 Å². The summed E-state index contributed by atoms with van der Waals surface area (Å²) in [7, 11) is 0. The highest BCUT2D eigenvalue weighted by Crippen LogP contribution is 2.28. The molecule has 0 spiro atoms. The van der Waals surface area contributed by atoms with Crippen molar-refractivity contribution in [2.24, 2.45) is 10.8 Å². The Morgan fingerprint density at radius 2 is 0.875 bits per heavy atom. The molecular weight excluding hydrogens is 1020 g/mol. The molecule has 2 heterocycles. The summed E-state index contributed by atoms with van der Waals surface area (Å²) in [5.74, 6) is -1.75. The van der Waals surface area contributed by atoms with Gasteiger partial charge in [-0.25, -0.2) is 28.3 Å². The first kappa shape index (κ1) is 63.4. The molecule has 0 aliphatic rings. The van der Waals surface area contributed by atoms with E-state index in [1.807, 2.05) is 151 Å². The number of ether oxygens (including phenoxy) is 2. The van der Waals surface area contributed by atoms with Crippen molar-refractivity contribution in [2.45, 2.75) is 169 Å². The highest BCUT2D eigenvalue weighted by molar-refractivity contribution is 5.83. The predicted molar refractivity (Wildman–Crippen MR) is 306 cm³/mol. The Morgan fingerprint density at radius 3 is 1.19 bits per heavy atom. The van der Waals surface area contributed by atoms with Crippen LogP contribution in [0.2, 0.25) is 0 Å². The maximum absolute atomic E-state index is 13.3. The maximum atomic E-state index is 13.3. The molecule has 0 fully saturated rings. The quantitative estimate of drug-likeness (QED) is 0.0338. The van der Waals surface area contributed by atoms with Gasteiger partial charge in [-0.2, -0.15) is 0 Å². The Bertz CT molecular complexity index is 2640. The van der Waals surface area contributed by atoms with Crippen LogP contribution in [0.1, 0.15) is 131 Å². The molecule has 0 unspecified atom stereocenters. The number of carbonyl (C=O) groups is 4. The van der Waals surface area contributed by atoms with E-state index in [0.717, 1.165) is 35.1 Å². The van der Waals surface area contributed by atoms with Crippen LogP contribution in [0.15, 0.2) is 134 Å². The van der Waals surface area contributed by atoms with E-state index in [1.54, 1.807) is 36.9 Å². The minimum atomic E-state index is -1.44. The molecule has 6 N–H and O–H groups in total. The average molecular weight is 1110 g/mol. The minimum absolute atomic E-state index is 0.303. The molecule has 0 aliphatic heterocycles. The van der Waals surface area contributed by atoms with E-state index in [2.05, 4.69) is 31.2 Å². The van der Waals surface area contributed by atoms with Crippen molar-refractivity contribution < 1.29 is 47.6 Å². The van der Waals surface area contributed by atoms with Crippen molar-refractivity contribution >= 4 is 24.0 Å². The van der Waals surface area contributed by atoms with Gasteiger partial charge in [0.25, 0.3) is 11.8 Å². The van der Waals surface area contributed by atoms with Gasteiger partial charge in [-0.05, 0) is 86.3 Å². The number of nitrogens with one attached hydrogen (secondary N) is 4. The summed E-state index contributed by atoms with van der Waals surface area (Å²) in [5, 5.41) is 32.9. The number of carbonyl (C=O) groups excluding carboxylic acids is 4. The summed E-state index contributed by atoms with van der Waals surface area (Å²) in [6.07, 6.45) is 5.49. The van der Waals surface area contributed by atoms with Crippen molar-refractivity contribution in [3.05, 3.63) is 157 Å². The van der Waals surface area contributed by atoms with Crippen LogP contribution in [0.3, 0.4) is 0 Å². The predicted octanol–water partition coefficient (Wildman–Crippen LogP) is 11.3. The van der Waals surface area contributed by atoms with E-state index in [-0.39, 0.29) is 23.7 Å². The van der Waals surface area contributed by atoms with E-state index < -0.39 is 71.3 Å². The van der Waals surface area contributed by atoms with Gasteiger partial charge in [0.2, 0.25) is 0 Å². The molecule has 432 valence electrons. The smallest absolute Gasteiger partial charge is 0.407 e. The molecule has 0 aliphatic carbocycles. The van der Waals surface area contributed by atoms with E-state index in [9.17, 15) is 38.2 Å². The highest BCUT2D eigenvalue weighted by atomic mass is 19.1. The number of alkyl carbamates (subject to hydrolysis) is 2. The summed E-state index contributed by atoms with van der Waals surface area (Å²) >= 11 is 0. The third kappa shape index (κ3) is 20.0. The second-order valence-corrected chi connectivity index (χ2v) is 22.4. The van der Waals surface area contributed by atoms with Crippen molar-refractivity contribution in [3.63, 3.8) is 0 Å². The zero-order valence-corrected chi connectivity index (χ0v) is 47.9. The Balaban J connectivity index is 0.000000294. The topological polar surface area (TPSA) is 211 Å². The van der Waals surface area contributed by atoms with Crippen LogP contribution < -0.4 is 21.3 Å². The molecule has 0 radical (unpaired) electrons. The van der Waals surface area contributed by atoms with Crippen LogP contribution in [-0.4, -0.2) is 89.8 Å². The van der Waals surface area contributed by atoms with Crippen LogP contribution in [0.5, 0.6) is 0 Å². The molecule has 80 heavy (non-hydrogen) atoms. The number of hydrogen-bond donors (Lipinski definition) is 6. The SMILES string of the molecule is CCCC[C@H](NC(=O)O[C@H](Cn1cnc(-c2ccc(F)cc2)c1)C(C)(C)C)[C@@H](O)C(=O)N[C@H](C)c1ccccc1.CCCC[C@H](NC(=O)O[C@H](Cn1cnc(-c2ccc(F)cc2)c1)C(C)(C)C)[C@H](O)C(=O)N[C@H](C)c1ccccc1. The van der Waals surface area contributed by atoms with Crippen molar-refractivity contribution in [2.75, 3.05) is 0 Å². The monoisotopic (exact) mass is 1100 g/mol. The molecule has 0 saturated carbocycles. The Morgan fingerprint density at radius 1 is 0.537 bits per heavy atom. The lowest BCUT2D eigenvalue weighted by Gasteiger charge is -2.32. The number of aliphatic hydroxyl groups excluding tert-OH is 2. The summed E-state index contributed by atoms with van der Waals surface area (Å²) in [6.45, 7) is 20.1. The van der Waals surface area contributed by atoms with Crippen LogP contribution in [0, 0.1) is 22.5 Å². The van der Waals surface area contributed by atoms with Gasteiger partial charge < -0.3 is 50.1 Å². The molecule has 8 atom stereocenters. The first-order valence-corrected chi connectivity index (χ1v) is 27.5. The third-order valence-corrected chi connectivity index (χ3v) is 13.7. The number of aliphatic hydroxyl groups is 2.